The molecule has 17 heavy (non-hydrogen) atoms. The van der Waals surface area contributed by atoms with Crippen LogP contribution in [0.3, 0.4) is 0 Å². The molecule has 0 unspecified atom stereocenters. The van der Waals surface area contributed by atoms with Gasteiger partial charge in [-0.15, -0.1) is 0 Å². The van der Waals surface area contributed by atoms with Crippen LogP contribution in [0.2, 0.25) is 0 Å². The van der Waals surface area contributed by atoms with E-state index in [1.165, 1.54) is 0 Å². The van der Waals surface area contributed by atoms with Gasteiger partial charge >= 0.3 is 12.1 Å². The Hall–Kier alpha value is -1.53. The van der Waals surface area contributed by atoms with Gasteiger partial charge < -0.3 is 5.11 Å². The van der Waals surface area contributed by atoms with Crippen molar-refractivity contribution in [3.8, 4) is 0 Å². The third-order valence-electron chi connectivity index (χ3n) is 2.00. The molecule has 1 N–H and O–H groups in total. The van der Waals surface area contributed by atoms with Gasteiger partial charge in [0.1, 0.15) is 0 Å². The minimum absolute atomic E-state index is 0.133. The number of alkyl halides is 3. The molecular formula is C10H13F3N2O2. The number of hydrogen-bond acceptors (Lipinski definition) is 2. The summed E-state index contributed by atoms with van der Waals surface area (Å²) in [6.07, 6.45) is -4.14. The number of carboxylic acid groups (broad SMARTS) is 1. The van der Waals surface area contributed by atoms with Crippen LogP contribution in [0.25, 0.3) is 0 Å². The van der Waals surface area contributed by atoms with E-state index in [1.807, 2.05) is 13.8 Å². The molecule has 1 aromatic heterocycles. The number of carboxylic acids is 1. The van der Waals surface area contributed by atoms with Crippen LogP contribution in [-0.2, 0) is 23.9 Å². The molecule has 0 amide bonds. The molecule has 0 bridgehead atoms. The lowest BCUT2D eigenvalue weighted by molar-refractivity contribution is -0.142. The maximum absolute atomic E-state index is 12.6. The summed E-state index contributed by atoms with van der Waals surface area (Å²) in [5.41, 5.74) is -1.41. The Kier molecular flexibility index (Phi) is 3.79. The molecule has 0 saturated heterocycles. The van der Waals surface area contributed by atoms with E-state index in [0.29, 0.717) is 6.54 Å². The van der Waals surface area contributed by atoms with Gasteiger partial charge in [0.25, 0.3) is 0 Å². The summed E-state index contributed by atoms with van der Waals surface area (Å²) in [6.45, 7) is 4.00. The van der Waals surface area contributed by atoms with Gasteiger partial charge in [0.15, 0.2) is 5.69 Å². The average molecular weight is 250 g/mol. The Morgan fingerprint density at radius 2 is 2.12 bits per heavy atom. The van der Waals surface area contributed by atoms with E-state index in [9.17, 15) is 18.0 Å². The van der Waals surface area contributed by atoms with Crippen molar-refractivity contribution in [2.24, 2.45) is 5.92 Å². The van der Waals surface area contributed by atoms with Crippen LogP contribution in [0, 0.1) is 5.92 Å². The van der Waals surface area contributed by atoms with E-state index in [0.717, 1.165) is 10.9 Å². The van der Waals surface area contributed by atoms with E-state index in [2.05, 4.69) is 5.10 Å². The molecule has 7 heteroatoms. The Bertz CT molecular complexity index is 410. The standard InChI is InChI=1S/C10H13F3N2O2/c1-6(2)4-15-5-7(3-8(16)17)9(14-15)10(11,12)13/h5-6H,3-4H2,1-2H3,(H,16,17). The van der Waals surface area contributed by atoms with Gasteiger partial charge in [0.05, 0.1) is 6.42 Å². The fourth-order valence-electron chi connectivity index (χ4n) is 1.46. The van der Waals surface area contributed by atoms with Crippen molar-refractivity contribution in [3.05, 3.63) is 17.5 Å². The van der Waals surface area contributed by atoms with E-state index >= 15 is 0 Å². The smallest absolute Gasteiger partial charge is 0.435 e. The summed E-state index contributed by atoms with van der Waals surface area (Å²) < 4.78 is 38.9. The minimum atomic E-state index is -4.62. The third kappa shape index (κ3) is 3.76. The average Bonchev–Trinajstić information content (AvgIpc) is 2.44. The zero-order chi connectivity index (χ0) is 13.2. The number of carbonyl (C=O) groups is 1. The largest absolute Gasteiger partial charge is 0.481 e. The van der Waals surface area contributed by atoms with Crippen LogP contribution < -0.4 is 0 Å². The predicted octanol–water partition coefficient (Wildman–Crippen LogP) is 2.19. The van der Waals surface area contributed by atoms with Crippen LogP contribution in [0.5, 0.6) is 0 Å². The van der Waals surface area contributed by atoms with Crippen molar-refractivity contribution in [3.63, 3.8) is 0 Å². The number of aliphatic carboxylic acids is 1. The number of nitrogens with zero attached hydrogens (tertiary/aromatic N) is 2. The Balaban J connectivity index is 3.07. The maximum atomic E-state index is 12.6. The molecule has 0 aliphatic carbocycles. The van der Waals surface area contributed by atoms with Gasteiger partial charge in [0, 0.05) is 18.3 Å². The first-order chi connectivity index (χ1) is 7.70. The highest BCUT2D eigenvalue weighted by atomic mass is 19.4. The molecule has 0 saturated carbocycles. The van der Waals surface area contributed by atoms with Crippen LogP contribution >= 0.6 is 0 Å². The molecule has 0 spiro atoms. The normalized spacial score (nSPS) is 12.1. The molecule has 1 heterocycles. The summed E-state index contributed by atoms with van der Waals surface area (Å²) in [5, 5.41) is 11.9. The van der Waals surface area contributed by atoms with Gasteiger partial charge in [-0.3, -0.25) is 9.48 Å². The highest BCUT2D eigenvalue weighted by molar-refractivity contribution is 5.70. The van der Waals surface area contributed by atoms with Gasteiger partial charge in [-0.1, -0.05) is 13.8 Å². The summed E-state index contributed by atoms with van der Waals surface area (Å²) in [4.78, 5) is 10.5. The van der Waals surface area contributed by atoms with Crippen molar-refractivity contribution in [1.82, 2.24) is 9.78 Å². The fourth-order valence-corrected chi connectivity index (χ4v) is 1.46. The lowest BCUT2D eigenvalue weighted by Crippen LogP contribution is -2.12. The van der Waals surface area contributed by atoms with Gasteiger partial charge in [-0.2, -0.15) is 18.3 Å². The monoisotopic (exact) mass is 250 g/mol. The zero-order valence-electron chi connectivity index (χ0n) is 9.45. The first-order valence-corrected chi connectivity index (χ1v) is 5.05. The van der Waals surface area contributed by atoms with Crippen LogP contribution in [-0.4, -0.2) is 20.9 Å². The number of rotatable bonds is 4. The quantitative estimate of drug-likeness (QED) is 0.891. The Labute approximate surface area is 96.0 Å². The summed E-state index contributed by atoms with van der Waals surface area (Å²) in [6, 6.07) is 0. The molecule has 4 nitrogen and oxygen atoms in total. The lowest BCUT2D eigenvalue weighted by Gasteiger charge is -2.05. The summed E-state index contributed by atoms with van der Waals surface area (Å²) >= 11 is 0. The Morgan fingerprint density at radius 1 is 1.53 bits per heavy atom. The SMILES string of the molecule is CC(C)Cn1cc(CC(=O)O)c(C(F)(F)F)n1. The van der Waals surface area contributed by atoms with E-state index in [1.54, 1.807) is 0 Å². The number of hydrogen-bond donors (Lipinski definition) is 1. The van der Waals surface area contributed by atoms with Crippen molar-refractivity contribution < 1.29 is 23.1 Å². The van der Waals surface area contributed by atoms with Crippen LogP contribution in [0.4, 0.5) is 13.2 Å². The topological polar surface area (TPSA) is 55.1 Å². The molecular weight excluding hydrogens is 237 g/mol. The van der Waals surface area contributed by atoms with E-state index in [4.69, 9.17) is 5.11 Å². The molecule has 0 aliphatic rings. The molecule has 0 aromatic carbocycles. The first-order valence-electron chi connectivity index (χ1n) is 5.05. The van der Waals surface area contributed by atoms with Crippen molar-refractivity contribution in [1.29, 1.82) is 0 Å². The second-order valence-corrected chi connectivity index (χ2v) is 4.19. The van der Waals surface area contributed by atoms with Crippen LogP contribution in [0.15, 0.2) is 6.20 Å². The van der Waals surface area contributed by atoms with Crippen molar-refractivity contribution >= 4 is 5.97 Å². The molecule has 1 aromatic rings. The van der Waals surface area contributed by atoms with Gasteiger partial charge in [0.2, 0.25) is 0 Å². The maximum Gasteiger partial charge on any atom is 0.435 e. The van der Waals surface area contributed by atoms with Gasteiger partial charge in [-0.25, -0.2) is 0 Å². The molecule has 0 aliphatic heterocycles. The zero-order valence-corrected chi connectivity index (χ0v) is 9.45. The van der Waals surface area contributed by atoms with Crippen molar-refractivity contribution in [2.75, 3.05) is 0 Å². The highest BCUT2D eigenvalue weighted by Gasteiger charge is 2.37. The number of halogens is 3. The highest BCUT2D eigenvalue weighted by Crippen LogP contribution is 2.31. The third-order valence-corrected chi connectivity index (χ3v) is 2.00. The molecule has 0 radical (unpaired) electrons. The summed E-state index contributed by atoms with van der Waals surface area (Å²) in [7, 11) is 0. The predicted molar refractivity (Wildman–Crippen MR) is 53.4 cm³/mol. The second-order valence-electron chi connectivity index (χ2n) is 4.19. The van der Waals surface area contributed by atoms with Crippen LogP contribution in [0.1, 0.15) is 25.1 Å². The molecule has 1 rings (SSSR count). The van der Waals surface area contributed by atoms with Gasteiger partial charge in [-0.05, 0) is 5.92 Å². The lowest BCUT2D eigenvalue weighted by atomic mass is 10.2. The molecule has 96 valence electrons. The van der Waals surface area contributed by atoms with Crippen molar-refractivity contribution in [2.45, 2.75) is 33.0 Å². The minimum Gasteiger partial charge on any atom is -0.481 e. The first kappa shape index (κ1) is 13.5. The number of aromatic nitrogens is 2. The molecule has 0 atom stereocenters. The van der Waals surface area contributed by atoms with E-state index in [-0.39, 0.29) is 11.5 Å². The fraction of sp³-hybridized carbons (Fsp3) is 0.600. The Morgan fingerprint density at radius 3 is 2.53 bits per heavy atom. The van der Waals surface area contributed by atoms with E-state index < -0.39 is 24.3 Å². The second kappa shape index (κ2) is 4.77. The summed E-state index contributed by atoms with van der Waals surface area (Å²) in [5.74, 6) is -1.17. The molecule has 0 fully saturated rings.